The first-order valence-electron chi connectivity index (χ1n) is 12.1. The van der Waals surface area contributed by atoms with Crippen LogP contribution in [0.5, 0.6) is 0 Å². The van der Waals surface area contributed by atoms with Crippen molar-refractivity contribution in [2.24, 2.45) is 11.8 Å². The molecule has 2 aromatic carbocycles. The summed E-state index contributed by atoms with van der Waals surface area (Å²) >= 11 is 1.53. The van der Waals surface area contributed by atoms with E-state index in [0.29, 0.717) is 18.6 Å². The van der Waals surface area contributed by atoms with Gasteiger partial charge in [-0.3, -0.25) is 4.79 Å². The average molecular weight is 495 g/mol. The Balaban J connectivity index is 1.15. The van der Waals surface area contributed by atoms with Gasteiger partial charge in [-0.1, -0.05) is 62.4 Å². The standard InChI is InChI=1S/C27H30N2O5S/c1-15(2)25-29(23(14-35-25)26(31)32)24(30)16-11-17(12-16)28-27(33)34-13-22-20-9-5-3-7-18(20)19-8-4-6-10-21(19)22/h3-10,15-17,22-23,25H,11-14H2,1-2H3,(H,28,33)(H,31,32). The number of aliphatic carboxylic acids is 1. The molecule has 0 spiro atoms. The molecule has 1 saturated carbocycles. The van der Waals surface area contributed by atoms with E-state index in [1.807, 2.05) is 38.1 Å². The smallest absolute Gasteiger partial charge is 0.407 e. The number of alkyl carbamates (subject to hydrolysis) is 1. The molecule has 2 N–H and O–H groups in total. The average Bonchev–Trinajstić information content (AvgIpc) is 3.40. The molecule has 2 unspecified atom stereocenters. The van der Waals surface area contributed by atoms with Crippen LogP contribution in [0.15, 0.2) is 48.5 Å². The molecule has 2 amide bonds. The van der Waals surface area contributed by atoms with Gasteiger partial charge in [-0.2, -0.15) is 0 Å². The van der Waals surface area contributed by atoms with Gasteiger partial charge in [0.05, 0.1) is 5.37 Å². The number of carboxylic acids is 1. The predicted octanol–water partition coefficient (Wildman–Crippen LogP) is 4.31. The molecule has 5 rings (SSSR count). The Bertz CT molecular complexity index is 1100. The van der Waals surface area contributed by atoms with Gasteiger partial charge in [0.15, 0.2) is 0 Å². The Morgan fingerprint density at radius 1 is 1.06 bits per heavy atom. The number of benzene rings is 2. The molecule has 1 heterocycles. The number of carboxylic acid groups (broad SMARTS) is 1. The number of carbonyl (C=O) groups is 3. The summed E-state index contributed by atoms with van der Waals surface area (Å²) in [4.78, 5) is 38.9. The molecule has 2 atom stereocenters. The highest BCUT2D eigenvalue weighted by molar-refractivity contribution is 8.00. The van der Waals surface area contributed by atoms with Crippen LogP contribution in [0, 0.1) is 11.8 Å². The topological polar surface area (TPSA) is 95.9 Å². The molecule has 1 saturated heterocycles. The second kappa shape index (κ2) is 9.57. The highest BCUT2D eigenvalue weighted by Gasteiger charge is 2.47. The number of nitrogens with zero attached hydrogens (tertiary/aromatic N) is 1. The lowest BCUT2D eigenvalue weighted by molar-refractivity contribution is -0.153. The van der Waals surface area contributed by atoms with E-state index >= 15 is 0 Å². The number of hydrogen-bond donors (Lipinski definition) is 2. The van der Waals surface area contributed by atoms with Crippen molar-refractivity contribution in [3.05, 3.63) is 59.7 Å². The zero-order chi connectivity index (χ0) is 24.7. The zero-order valence-corrected chi connectivity index (χ0v) is 20.7. The molecule has 3 aliphatic rings. The van der Waals surface area contributed by atoms with E-state index in [9.17, 15) is 19.5 Å². The molecule has 0 aromatic heterocycles. The number of fused-ring (bicyclic) bond motifs is 3. The van der Waals surface area contributed by atoms with Gasteiger partial charge in [-0.05, 0) is 41.0 Å². The number of thioether (sulfide) groups is 1. The van der Waals surface area contributed by atoms with E-state index in [4.69, 9.17) is 4.74 Å². The lowest BCUT2D eigenvalue weighted by Crippen LogP contribution is -2.55. The maximum absolute atomic E-state index is 13.1. The maximum Gasteiger partial charge on any atom is 0.407 e. The van der Waals surface area contributed by atoms with Crippen molar-refractivity contribution in [2.45, 2.75) is 50.1 Å². The molecule has 2 aromatic rings. The Kier molecular flexibility index (Phi) is 6.49. The van der Waals surface area contributed by atoms with Gasteiger partial charge in [-0.15, -0.1) is 11.8 Å². The van der Waals surface area contributed by atoms with E-state index < -0.39 is 18.1 Å². The lowest BCUT2D eigenvalue weighted by Gasteiger charge is -2.39. The molecule has 1 aliphatic heterocycles. The van der Waals surface area contributed by atoms with Crippen LogP contribution in [0.25, 0.3) is 11.1 Å². The van der Waals surface area contributed by atoms with Crippen molar-refractivity contribution in [1.29, 1.82) is 0 Å². The Hall–Kier alpha value is -3.00. The van der Waals surface area contributed by atoms with Gasteiger partial charge < -0.3 is 20.1 Å². The summed E-state index contributed by atoms with van der Waals surface area (Å²) in [5.74, 6) is -0.762. The van der Waals surface area contributed by atoms with Gasteiger partial charge in [0.2, 0.25) is 5.91 Å². The quantitative estimate of drug-likeness (QED) is 0.621. The van der Waals surface area contributed by atoms with Crippen molar-refractivity contribution in [3.63, 3.8) is 0 Å². The molecule has 2 fully saturated rings. The summed E-state index contributed by atoms with van der Waals surface area (Å²) in [6, 6.07) is 15.5. The molecule has 35 heavy (non-hydrogen) atoms. The Morgan fingerprint density at radius 3 is 2.23 bits per heavy atom. The Labute approximate surface area is 209 Å². The van der Waals surface area contributed by atoms with Gasteiger partial charge in [-0.25, -0.2) is 9.59 Å². The molecular formula is C27H30N2O5S. The summed E-state index contributed by atoms with van der Waals surface area (Å²) in [6.45, 7) is 4.26. The van der Waals surface area contributed by atoms with E-state index in [-0.39, 0.29) is 41.7 Å². The van der Waals surface area contributed by atoms with Gasteiger partial charge >= 0.3 is 12.1 Å². The van der Waals surface area contributed by atoms with Crippen molar-refractivity contribution in [1.82, 2.24) is 10.2 Å². The van der Waals surface area contributed by atoms with Crippen LogP contribution in [0.1, 0.15) is 43.7 Å². The summed E-state index contributed by atoms with van der Waals surface area (Å²) in [7, 11) is 0. The number of ether oxygens (including phenoxy) is 1. The second-order valence-electron chi connectivity index (χ2n) is 9.90. The highest BCUT2D eigenvalue weighted by Crippen LogP contribution is 2.44. The molecule has 0 bridgehead atoms. The number of carbonyl (C=O) groups excluding carboxylic acids is 2. The molecule has 0 radical (unpaired) electrons. The monoisotopic (exact) mass is 494 g/mol. The predicted molar refractivity (Wildman–Crippen MR) is 134 cm³/mol. The fourth-order valence-corrected chi connectivity index (χ4v) is 6.94. The van der Waals surface area contributed by atoms with E-state index in [1.54, 1.807) is 4.90 Å². The first kappa shape index (κ1) is 23.7. The number of rotatable bonds is 6. The van der Waals surface area contributed by atoms with Crippen LogP contribution in [-0.2, 0) is 14.3 Å². The van der Waals surface area contributed by atoms with Gasteiger partial charge in [0, 0.05) is 23.6 Å². The van der Waals surface area contributed by atoms with Crippen LogP contribution >= 0.6 is 11.8 Å². The van der Waals surface area contributed by atoms with E-state index in [2.05, 4.69) is 29.6 Å². The van der Waals surface area contributed by atoms with Crippen LogP contribution in [0.2, 0.25) is 0 Å². The SMILES string of the molecule is CC(C)C1SCC(C(=O)O)N1C(=O)C1CC(NC(=O)OCC2c3ccccc3-c3ccccc32)C1. The van der Waals surface area contributed by atoms with Gasteiger partial charge in [0.1, 0.15) is 12.6 Å². The minimum absolute atomic E-state index is 0.00236. The van der Waals surface area contributed by atoms with Crippen molar-refractivity contribution in [3.8, 4) is 11.1 Å². The number of amides is 2. The Morgan fingerprint density at radius 2 is 1.66 bits per heavy atom. The summed E-state index contributed by atoms with van der Waals surface area (Å²) in [5, 5.41) is 12.3. The number of hydrogen-bond acceptors (Lipinski definition) is 5. The molecular weight excluding hydrogens is 464 g/mol. The van der Waals surface area contributed by atoms with Crippen LogP contribution in [-0.4, -0.2) is 57.8 Å². The first-order valence-corrected chi connectivity index (χ1v) is 13.2. The third kappa shape index (κ3) is 4.40. The first-order chi connectivity index (χ1) is 16.8. The third-order valence-corrected chi connectivity index (χ3v) is 8.92. The largest absolute Gasteiger partial charge is 0.480 e. The van der Waals surface area contributed by atoms with Crippen LogP contribution in [0.4, 0.5) is 4.79 Å². The van der Waals surface area contributed by atoms with E-state index in [0.717, 1.165) is 11.1 Å². The van der Waals surface area contributed by atoms with Crippen molar-refractivity contribution in [2.75, 3.05) is 12.4 Å². The lowest BCUT2D eigenvalue weighted by atomic mass is 9.79. The molecule has 8 heteroatoms. The minimum atomic E-state index is -0.957. The second-order valence-corrected chi connectivity index (χ2v) is 11.1. The van der Waals surface area contributed by atoms with E-state index in [1.165, 1.54) is 22.9 Å². The molecule has 7 nitrogen and oxygen atoms in total. The number of nitrogens with one attached hydrogen (secondary N) is 1. The minimum Gasteiger partial charge on any atom is -0.480 e. The summed E-state index contributed by atoms with van der Waals surface area (Å²) in [6.07, 6.45) is 0.519. The highest BCUT2D eigenvalue weighted by atomic mass is 32.2. The summed E-state index contributed by atoms with van der Waals surface area (Å²) in [5.41, 5.74) is 4.67. The molecule has 184 valence electrons. The zero-order valence-electron chi connectivity index (χ0n) is 19.8. The van der Waals surface area contributed by atoms with Crippen LogP contribution in [0.3, 0.4) is 0 Å². The molecule has 2 aliphatic carbocycles. The third-order valence-electron chi connectivity index (χ3n) is 7.30. The van der Waals surface area contributed by atoms with Crippen molar-refractivity contribution >= 4 is 29.7 Å². The normalized spacial score (nSPS) is 25.1. The summed E-state index contributed by atoms with van der Waals surface area (Å²) < 4.78 is 5.61. The van der Waals surface area contributed by atoms with Crippen LogP contribution < -0.4 is 5.32 Å². The van der Waals surface area contributed by atoms with Gasteiger partial charge in [0.25, 0.3) is 0 Å². The fraction of sp³-hybridized carbons (Fsp3) is 0.444. The maximum atomic E-state index is 13.1. The fourth-order valence-electron chi connectivity index (χ4n) is 5.47. The van der Waals surface area contributed by atoms with Crippen molar-refractivity contribution < 1.29 is 24.2 Å².